The lowest BCUT2D eigenvalue weighted by atomic mass is 9.97. The number of nitrogens with zero attached hydrogens (tertiary/aromatic N) is 3. The van der Waals surface area contributed by atoms with E-state index in [1.807, 2.05) is 19.6 Å². The summed E-state index contributed by atoms with van der Waals surface area (Å²) in [6.07, 6.45) is 8.30. The smallest absolute Gasteiger partial charge is 0.237 e. The largest absolute Gasteiger partial charge is 0.354 e. The molecule has 2 fully saturated rings. The molecule has 2 atom stereocenters. The summed E-state index contributed by atoms with van der Waals surface area (Å²) in [5, 5.41) is 6.40. The molecule has 6 nitrogen and oxygen atoms in total. The quantitative estimate of drug-likeness (QED) is 0.832. The zero-order chi connectivity index (χ0) is 15.4. The zero-order valence-electron chi connectivity index (χ0n) is 13.4. The molecule has 0 aliphatic carbocycles. The molecule has 2 unspecified atom stereocenters. The fourth-order valence-electron chi connectivity index (χ4n) is 3.50. The molecule has 0 radical (unpaired) electrons. The van der Waals surface area contributed by atoms with E-state index < -0.39 is 0 Å². The molecule has 2 N–H and O–H groups in total. The Balaban J connectivity index is 1.44. The Labute approximate surface area is 132 Å². The number of carbonyl (C=O) groups is 1. The van der Waals surface area contributed by atoms with Crippen molar-refractivity contribution in [2.45, 2.75) is 38.3 Å². The van der Waals surface area contributed by atoms with Gasteiger partial charge in [0.2, 0.25) is 5.91 Å². The van der Waals surface area contributed by atoms with Crippen LogP contribution < -0.4 is 10.6 Å². The summed E-state index contributed by atoms with van der Waals surface area (Å²) in [6.45, 7) is 4.92. The number of nitrogens with one attached hydrogen (secondary N) is 2. The van der Waals surface area contributed by atoms with E-state index in [9.17, 15) is 4.79 Å². The van der Waals surface area contributed by atoms with Gasteiger partial charge in [-0.25, -0.2) is 4.98 Å². The van der Waals surface area contributed by atoms with Gasteiger partial charge in [0.15, 0.2) is 0 Å². The number of piperidine rings is 1. The van der Waals surface area contributed by atoms with Crippen LogP contribution in [-0.2, 0) is 18.4 Å². The van der Waals surface area contributed by atoms with Gasteiger partial charge in [0.25, 0.3) is 0 Å². The number of rotatable bonds is 5. The number of carbonyl (C=O) groups excluding carboxylic acids is 1. The molecule has 122 valence electrons. The minimum Gasteiger partial charge on any atom is -0.354 e. The van der Waals surface area contributed by atoms with Crippen LogP contribution in [0.4, 0.5) is 0 Å². The summed E-state index contributed by atoms with van der Waals surface area (Å²) in [5.74, 6) is 0.744. The van der Waals surface area contributed by atoms with Crippen molar-refractivity contribution in [3.63, 3.8) is 0 Å². The van der Waals surface area contributed by atoms with Gasteiger partial charge in [-0.1, -0.05) is 0 Å². The van der Waals surface area contributed by atoms with Crippen molar-refractivity contribution in [2.75, 3.05) is 26.2 Å². The van der Waals surface area contributed by atoms with Crippen molar-refractivity contribution in [1.82, 2.24) is 25.1 Å². The van der Waals surface area contributed by atoms with Crippen molar-refractivity contribution < 1.29 is 4.79 Å². The number of likely N-dealkylation sites (tertiary alicyclic amines) is 1. The van der Waals surface area contributed by atoms with Crippen LogP contribution in [0.1, 0.15) is 31.4 Å². The molecule has 1 aromatic rings. The van der Waals surface area contributed by atoms with E-state index in [-0.39, 0.29) is 11.9 Å². The van der Waals surface area contributed by atoms with Crippen LogP contribution in [0.3, 0.4) is 0 Å². The van der Waals surface area contributed by atoms with Crippen LogP contribution in [0, 0.1) is 5.92 Å². The summed E-state index contributed by atoms with van der Waals surface area (Å²) in [6, 6.07) is 0.0362. The van der Waals surface area contributed by atoms with Crippen LogP contribution in [0.2, 0.25) is 0 Å². The second-order valence-corrected chi connectivity index (χ2v) is 6.63. The number of hydrogen-bond acceptors (Lipinski definition) is 4. The predicted molar refractivity (Wildman–Crippen MR) is 85.2 cm³/mol. The Kier molecular flexibility index (Phi) is 5.10. The molecule has 0 saturated carbocycles. The summed E-state index contributed by atoms with van der Waals surface area (Å²) in [7, 11) is 2.04. The molecule has 22 heavy (non-hydrogen) atoms. The highest BCUT2D eigenvalue weighted by molar-refractivity contribution is 5.81. The van der Waals surface area contributed by atoms with Gasteiger partial charge in [0.1, 0.15) is 0 Å². The summed E-state index contributed by atoms with van der Waals surface area (Å²) >= 11 is 0. The van der Waals surface area contributed by atoms with E-state index >= 15 is 0 Å². The average molecular weight is 305 g/mol. The lowest BCUT2D eigenvalue weighted by Gasteiger charge is -2.33. The average Bonchev–Trinajstić information content (AvgIpc) is 3.18. The maximum Gasteiger partial charge on any atom is 0.237 e. The highest BCUT2D eigenvalue weighted by atomic mass is 16.2. The fourth-order valence-corrected chi connectivity index (χ4v) is 3.50. The molecule has 3 rings (SSSR count). The van der Waals surface area contributed by atoms with Crippen LogP contribution in [0.5, 0.6) is 0 Å². The van der Waals surface area contributed by atoms with Crippen LogP contribution >= 0.6 is 0 Å². The fraction of sp³-hybridized carbons (Fsp3) is 0.750. The Morgan fingerprint density at radius 2 is 2.36 bits per heavy atom. The molecule has 2 aliphatic heterocycles. The van der Waals surface area contributed by atoms with E-state index in [0.29, 0.717) is 5.92 Å². The molecule has 1 amide bonds. The van der Waals surface area contributed by atoms with Gasteiger partial charge in [-0.05, 0) is 44.7 Å². The standard InChI is InChI=1S/C16H27N5O/c1-20-12-17-9-14(20)11-21-7-3-4-13(10-21)8-19-16(22)15-5-2-6-18-15/h9,12-13,15,18H,2-8,10-11H2,1H3,(H,19,22). The SMILES string of the molecule is Cn1cncc1CN1CCCC(CNC(=O)C2CCCN2)C1. The summed E-state index contributed by atoms with van der Waals surface area (Å²) in [5.41, 5.74) is 1.25. The molecular weight excluding hydrogens is 278 g/mol. The Morgan fingerprint density at radius 1 is 1.45 bits per heavy atom. The number of imidazole rings is 1. The Hall–Kier alpha value is -1.40. The molecular formula is C16H27N5O. The highest BCUT2D eigenvalue weighted by Gasteiger charge is 2.24. The second kappa shape index (κ2) is 7.24. The first-order valence-electron chi connectivity index (χ1n) is 8.41. The topological polar surface area (TPSA) is 62.2 Å². The van der Waals surface area contributed by atoms with Gasteiger partial charge in [-0.3, -0.25) is 9.69 Å². The summed E-state index contributed by atoms with van der Waals surface area (Å²) in [4.78, 5) is 18.7. The maximum atomic E-state index is 12.1. The zero-order valence-corrected chi connectivity index (χ0v) is 13.4. The van der Waals surface area contributed by atoms with E-state index in [1.54, 1.807) is 0 Å². The summed E-state index contributed by atoms with van der Waals surface area (Å²) < 4.78 is 2.08. The van der Waals surface area contributed by atoms with Crippen molar-refractivity contribution in [3.8, 4) is 0 Å². The van der Waals surface area contributed by atoms with Crippen molar-refractivity contribution in [2.24, 2.45) is 13.0 Å². The van der Waals surface area contributed by atoms with Crippen LogP contribution in [0.15, 0.2) is 12.5 Å². The van der Waals surface area contributed by atoms with Gasteiger partial charge in [-0.2, -0.15) is 0 Å². The minimum atomic E-state index is 0.0362. The third kappa shape index (κ3) is 3.87. The minimum absolute atomic E-state index is 0.0362. The van der Waals surface area contributed by atoms with Gasteiger partial charge < -0.3 is 15.2 Å². The molecule has 0 aromatic carbocycles. The lowest BCUT2D eigenvalue weighted by molar-refractivity contribution is -0.123. The normalized spacial score (nSPS) is 26.2. The molecule has 0 bridgehead atoms. The van der Waals surface area contributed by atoms with E-state index in [4.69, 9.17) is 0 Å². The number of aromatic nitrogens is 2. The first-order valence-corrected chi connectivity index (χ1v) is 8.41. The van der Waals surface area contributed by atoms with E-state index in [2.05, 4.69) is 25.1 Å². The van der Waals surface area contributed by atoms with Gasteiger partial charge >= 0.3 is 0 Å². The highest BCUT2D eigenvalue weighted by Crippen LogP contribution is 2.18. The second-order valence-electron chi connectivity index (χ2n) is 6.63. The van der Waals surface area contributed by atoms with Crippen molar-refractivity contribution in [1.29, 1.82) is 0 Å². The number of hydrogen-bond donors (Lipinski definition) is 2. The molecule has 3 heterocycles. The van der Waals surface area contributed by atoms with Gasteiger partial charge in [0, 0.05) is 32.9 Å². The Bertz CT molecular complexity index is 494. The van der Waals surface area contributed by atoms with Gasteiger partial charge in [-0.15, -0.1) is 0 Å². The van der Waals surface area contributed by atoms with Crippen LogP contribution in [0.25, 0.3) is 0 Å². The number of aryl methyl sites for hydroxylation is 1. The van der Waals surface area contributed by atoms with Crippen LogP contribution in [-0.4, -0.2) is 52.6 Å². The van der Waals surface area contributed by atoms with Crippen molar-refractivity contribution >= 4 is 5.91 Å². The Morgan fingerprint density at radius 3 is 3.09 bits per heavy atom. The molecule has 2 aliphatic rings. The molecule has 1 aromatic heterocycles. The molecule has 6 heteroatoms. The molecule has 2 saturated heterocycles. The van der Waals surface area contributed by atoms with Gasteiger partial charge in [0.05, 0.1) is 18.1 Å². The maximum absolute atomic E-state index is 12.1. The van der Waals surface area contributed by atoms with Crippen molar-refractivity contribution in [3.05, 3.63) is 18.2 Å². The van der Waals surface area contributed by atoms with E-state index in [0.717, 1.165) is 45.6 Å². The van der Waals surface area contributed by atoms with E-state index in [1.165, 1.54) is 18.5 Å². The number of amides is 1. The predicted octanol–water partition coefficient (Wildman–Crippen LogP) is 0.500. The monoisotopic (exact) mass is 305 g/mol. The third-order valence-electron chi connectivity index (χ3n) is 4.85. The first kappa shape index (κ1) is 15.5. The first-order chi connectivity index (χ1) is 10.7. The molecule has 0 spiro atoms. The lowest BCUT2D eigenvalue weighted by Crippen LogP contribution is -2.45. The third-order valence-corrected chi connectivity index (χ3v) is 4.85.